The fourth-order valence-electron chi connectivity index (χ4n) is 5.19. The number of fused-ring (bicyclic) bond motifs is 3. The van der Waals surface area contributed by atoms with Gasteiger partial charge in [-0.2, -0.15) is 5.26 Å². The third-order valence-electron chi connectivity index (χ3n) is 6.40. The summed E-state index contributed by atoms with van der Waals surface area (Å²) in [6.07, 6.45) is 4.61. The van der Waals surface area contributed by atoms with Gasteiger partial charge in [-0.3, -0.25) is 0 Å². The third kappa shape index (κ3) is 2.31. The van der Waals surface area contributed by atoms with Gasteiger partial charge >= 0.3 is 0 Å². The van der Waals surface area contributed by atoms with Crippen molar-refractivity contribution in [3.63, 3.8) is 0 Å². The van der Waals surface area contributed by atoms with E-state index in [1.165, 1.54) is 24.8 Å². The molecule has 2 aliphatic rings. The molecule has 2 aliphatic carbocycles. The molecule has 3 heteroatoms. The van der Waals surface area contributed by atoms with Crippen molar-refractivity contribution in [1.29, 1.82) is 5.26 Å². The smallest absolute Gasteiger partial charge is 0.161 e. The van der Waals surface area contributed by atoms with E-state index < -0.39 is 0 Å². The summed E-state index contributed by atoms with van der Waals surface area (Å²) in [5.41, 5.74) is 2.82. The Bertz CT molecular complexity index is 658. The molecular formula is C20H27NO2. The van der Waals surface area contributed by atoms with Crippen molar-refractivity contribution in [2.45, 2.75) is 57.8 Å². The summed E-state index contributed by atoms with van der Waals surface area (Å²) in [6.45, 7) is 7.13. The monoisotopic (exact) mass is 313 g/mol. The van der Waals surface area contributed by atoms with Crippen LogP contribution in [-0.4, -0.2) is 14.2 Å². The SMILES string of the molecule is COc1cc2c(cc1OC)[C@@]1(C)CCCC(C)(C)[C@@H]1C[C@@H]2C#N. The number of nitrogens with zero attached hydrogens (tertiary/aromatic N) is 1. The van der Waals surface area contributed by atoms with E-state index in [-0.39, 0.29) is 16.7 Å². The van der Waals surface area contributed by atoms with Crippen molar-refractivity contribution < 1.29 is 9.47 Å². The normalized spacial score (nSPS) is 31.5. The van der Waals surface area contributed by atoms with Crippen molar-refractivity contribution in [2.24, 2.45) is 11.3 Å². The van der Waals surface area contributed by atoms with E-state index in [9.17, 15) is 5.26 Å². The molecule has 0 aromatic heterocycles. The van der Waals surface area contributed by atoms with Crippen LogP contribution >= 0.6 is 0 Å². The van der Waals surface area contributed by atoms with Gasteiger partial charge < -0.3 is 9.47 Å². The minimum Gasteiger partial charge on any atom is -0.493 e. The zero-order valence-corrected chi connectivity index (χ0v) is 14.9. The van der Waals surface area contributed by atoms with Gasteiger partial charge in [0, 0.05) is 0 Å². The van der Waals surface area contributed by atoms with Crippen LogP contribution < -0.4 is 9.47 Å². The molecule has 1 fully saturated rings. The first-order chi connectivity index (χ1) is 10.9. The molecule has 3 rings (SSSR count). The molecule has 1 saturated carbocycles. The van der Waals surface area contributed by atoms with E-state index >= 15 is 0 Å². The highest BCUT2D eigenvalue weighted by Gasteiger charge is 2.52. The van der Waals surface area contributed by atoms with Crippen LogP contribution in [0.15, 0.2) is 12.1 Å². The highest BCUT2D eigenvalue weighted by molar-refractivity contribution is 5.54. The molecule has 0 aliphatic heterocycles. The first-order valence-corrected chi connectivity index (χ1v) is 8.53. The maximum atomic E-state index is 9.75. The van der Waals surface area contributed by atoms with Crippen LogP contribution in [0.1, 0.15) is 63.5 Å². The largest absolute Gasteiger partial charge is 0.493 e. The molecule has 1 aromatic rings. The molecule has 0 saturated heterocycles. The number of ether oxygens (including phenoxy) is 2. The van der Waals surface area contributed by atoms with Crippen LogP contribution in [0.3, 0.4) is 0 Å². The Morgan fingerprint density at radius 3 is 2.35 bits per heavy atom. The molecule has 0 spiro atoms. The molecule has 0 N–H and O–H groups in total. The van der Waals surface area contributed by atoms with Crippen molar-refractivity contribution in [3.05, 3.63) is 23.3 Å². The van der Waals surface area contributed by atoms with Gasteiger partial charge in [0.15, 0.2) is 11.5 Å². The highest BCUT2D eigenvalue weighted by atomic mass is 16.5. The first-order valence-electron chi connectivity index (χ1n) is 8.53. The molecule has 23 heavy (non-hydrogen) atoms. The summed E-state index contributed by atoms with van der Waals surface area (Å²) in [5, 5.41) is 9.75. The Labute approximate surface area is 139 Å². The number of hydrogen-bond donors (Lipinski definition) is 0. The number of methoxy groups -OCH3 is 2. The van der Waals surface area contributed by atoms with Crippen LogP contribution in [-0.2, 0) is 5.41 Å². The highest BCUT2D eigenvalue weighted by Crippen LogP contribution is 2.60. The average molecular weight is 313 g/mol. The minimum absolute atomic E-state index is 0.0553. The Morgan fingerprint density at radius 1 is 1.09 bits per heavy atom. The minimum atomic E-state index is -0.0553. The number of nitriles is 1. The lowest BCUT2D eigenvalue weighted by Crippen LogP contribution is -2.48. The quantitative estimate of drug-likeness (QED) is 0.787. The molecule has 0 bridgehead atoms. The zero-order valence-electron chi connectivity index (χ0n) is 14.9. The van der Waals surface area contributed by atoms with Crippen molar-refractivity contribution in [1.82, 2.24) is 0 Å². The van der Waals surface area contributed by atoms with Crippen LogP contribution in [0, 0.1) is 22.7 Å². The van der Waals surface area contributed by atoms with Crippen molar-refractivity contribution >= 4 is 0 Å². The van der Waals surface area contributed by atoms with E-state index in [4.69, 9.17) is 9.47 Å². The molecule has 3 atom stereocenters. The summed E-state index contributed by atoms with van der Waals surface area (Å²) in [5.74, 6) is 1.97. The van der Waals surface area contributed by atoms with Gasteiger partial charge in [-0.05, 0) is 59.3 Å². The van der Waals surface area contributed by atoms with Gasteiger partial charge in [0.25, 0.3) is 0 Å². The predicted molar refractivity (Wildman–Crippen MR) is 91.0 cm³/mol. The topological polar surface area (TPSA) is 42.2 Å². The summed E-state index contributed by atoms with van der Waals surface area (Å²) in [7, 11) is 3.34. The van der Waals surface area contributed by atoms with Crippen molar-refractivity contribution in [2.75, 3.05) is 14.2 Å². The van der Waals surface area contributed by atoms with Gasteiger partial charge in [0.2, 0.25) is 0 Å². The Morgan fingerprint density at radius 2 is 1.74 bits per heavy atom. The van der Waals surface area contributed by atoms with Gasteiger partial charge in [-0.25, -0.2) is 0 Å². The standard InChI is InChI=1S/C20H27NO2/c1-19(2)7-6-8-20(3)15-11-17(23-5)16(22-4)10-14(15)13(12-21)9-18(19)20/h10-11,13,18H,6-9H2,1-5H3/t13-,18+,20-/m1/s1. The summed E-state index contributed by atoms with van der Waals surface area (Å²) in [6, 6.07) is 6.70. The lowest BCUT2D eigenvalue weighted by molar-refractivity contribution is 0.0371. The second-order valence-electron chi connectivity index (χ2n) is 8.02. The van der Waals surface area contributed by atoms with E-state index in [0.717, 1.165) is 23.5 Å². The van der Waals surface area contributed by atoms with Gasteiger partial charge in [0.05, 0.1) is 26.2 Å². The molecule has 3 nitrogen and oxygen atoms in total. The number of benzene rings is 1. The van der Waals surface area contributed by atoms with Crippen LogP contribution in [0.25, 0.3) is 0 Å². The second kappa shape index (κ2) is 5.44. The van der Waals surface area contributed by atoms with Crippen LogP contribution in [0.5, 0.6) is 11.5 Å². The summed E-state index contributed by atoms with van der Waals surface area (Å²) >= 11 is 0. The van der Waals surface area contributed by atoms with Gasteiger partial charge in [-0.1, -0.05) is 27.2 Å². The van der Waals surface area contributed by atoms with Crippen LogP contribution in [0.2, 0.25) is 0 Å². The molecular weight excluding hydrogens is 286 g/mol. The van der Waals surface area contributed by atoms with E-state index in [1.54, 1.807) is 14.2 Å². The van der Waals surface area contributed by atoms with E-state index in [0.29, 0.717) is 5.92 Å². The van der Waals surface area contributed by atoms with E-state index in [2.05, 4.69) is 32.9 Å². The summed E-state index contributed by atoms with van der Waals surface area (Å²) < 4.78 is 11.0. The summed E-state index contributed by atoms with van der Waals surface area (Å²) in [4.78, 5) is 0. The average Bonchev–Trinajstić information content (AvgIpc) is 2.53. The Hall–Kier alpha value is -1.69. The lowest BCUT2D eigenvalue weighted by atomic mass is 9.49. The Balaban J connectivity index is 2.23. The molecule has 124 valence electrons. The fourth-order valence-corrected chi connectivity index (χ4v) is 5.19. The maximum Gasteiger partial charge on any atom is 0.161 e. The number of rotatable bonds is 2. The lowest BCUT2D eigenvalue weighted by Gasteiger charge is -2.55. The van der Waals surface area contributed by atoms with E-state index in [1.807, 2.05) is 6.07 Å². The predicted octanol–water partition coefficient (Wildman–Crippen LogP) is 4.80. The second-order valence-corrected chi connectivity index (χ2v) is 8.02. The third-order valence-corrected chi connectivity index (χ3v) is 6.40. The fraction of sp³-hybridized carbons (Fsp3) is 0.650. The van der Waals surface area contributed by atoms with Crippen LogP contribution in [0.4, 0.5) is 0 Å². The molecule has 0 heterocycles. The molecule has 0 amide bonds. The molecule has 0 unspecified atom stereocenters. The van der Waals surface area contributed by atoms with Gasteiger partial charge in [-0.15, -0.1) is 0 Å². The molecule has 1 aromatic carbocycles. The van der Waals surface area contributed by atoms with Crippen molar-refractivity contribution in [3.8, 4) is 17.6 Å². The first kappa shape index (κ1) is 16.2. The molecule has 0 radical (unpaired) electrons. The Kier molecular flexibility index (Phi) is 3.83. The van der Waals surface area contributed by atoms with Gasteiger partial charge in [0.1, 0.15) is 0 Å². The maximum absolute atomic E-state index is 9.75. The number of hydrogen-bond acceptors (Lipinski definition) is 3. The zero-order chi connectivity index (χ0) is 16.8.